The van der Waals surface area contributed by atoms with Crippen molar-refractivity contribution in [1.82, 2.24) is 25.5 Å². The van der Waals surface area contributed by atoms with Crippen molar-refractivity contribution in [1.29, 1.82) is 0 Å². The van der Waals surface area contributed by atoms with E-state index in [4.69, 9.17) is 5.73 Å². The van der Waals surface area contributed by atoms with E-state index in [1.165, 1.54) is 11.2 Å². The van der Waals surface area contributed by atoms with Crippen LogP contribution in [0.4, 0.5) is 0 Å². The van der Waals surface area contributed by atoms with Crippen LogP contribution in [0.15, 0.2) is 12.5 Å². The molecular formula is C17H24N6O4. The van der Waals surface area contributed by atoms with Crippen molar-refractivity contribution < 1.29 is 19.2 Å². The van der Waals surface area contributed by atoms with Gasteiger partial charge in [0, 0.05) is 31.3 Å². The molecule has 0 saturated carbocycles. The lowest BCUT2D eigenvalue weighted by molar-refractivity contribution is -0.144. The van der Waals surface area contributed by atoms with E-state index >= 15 is 0 Å². The number of imidazole rings is 1. The van der Waals surface area contributed by atoms with E-state index in [1.54, 1.807) is 6.20 Å². The minimum Gasteiger partial charge on any atom is -0.368 e. The van der Waals surface area contributed by atoms with Gasteiger partial charge in [0.15, 0.2) is 0 Å². The zero-order valence-electron chi connectivity index (χ0n) is 14.9. The van der Waals surface area contributed by atoms with Crippen LogP contribution in [0.5, 0.6) is 0 Å². The van der Waals surface area contributed by atoms with Gasteiger partial charge >= 0.3 is 0 Å². The largest absolute Gasteiger partial charge is 0.368 e. The summed E-state index contributed by atoms with van der Waals surface area (Å²) in [7, 11) is 0. The SMILES string of the molecule is NC(=O)[C@@H]1CCCCN1C(=O)[C@H](Cc1cnc[nH]1)NC(=O)[C@@H]1CCC(=O)N1. The van der Waals surface area contributed by atoms with Crippen molar-refractivity contribution in [3.8, 4) is 0 Å². The van der Waals surface area contributed by atoms with E-state index < -0.39 is 29.9 Å². The smallest absolute Gasteiger partial charge is 0.246 e. The van der Waals surface area contributed by atoms with Crippen LogP contribution in [0, 0.1) is 0 Å². The second kappa shape index (κ2) is 8.19. The monoisotopic (exact) mass is 376 g/mol. The molecule has 3 heterocycles. The number of likely N-dealkylation sites (tertiary alicyclic amines) is 1. The molecule has 10 heteroatoms. The molecule has 10 nitrogen and oxygen atoms in total. The highest BCUT2D eigenvalue weighted by Gasteiger charge is 2.37. The van der Waals surface area contributed by atoms with Gasteiger partial charge in [0.2, 0.25) is 23.6 Å². The fraction of sp³-hybridized carbons (Fsp3) is 0.588. The van der Waals surface area contributed by atoms with E-state index in [1.807, 2.05) is 0 Å². The van der Waals surface area contributed by atoms with Gasteiger partial charge in [-0.15, -0.1) is 0 Å². The summed E-state index contributed by atoms with van der Waals surface area (Å²) in [4.78, 5) is 57.1. The van der Waals surface area contributed by atoms with E-state index in [2.05, 4.69) is 20.6 Å². The highest BCUT2D eigenvalue weighted by atomic mass is 16.2. The molecule has 2 aliphatic rings. The second-order valence-electron chi connectivity index (χ2n) is 6.95. The third-order valence-corrected chi connectivity index (χ3v) is 5.02. The molecule has 2 fully saturated rings. The van der Waals surface area contributed by atoms with Crippen molar-refractivity contribution in [2.45, 2.75) is 56.7 Å². The van der Waals surface area contributed by atoms with Crippen molar-refractivity contribution >= 4 is 23.6 Å². The van der Waals surface area contributed by atoms with Crippen LogP contribution < -0.4 is 16.4 Å². The Hall–Kier alpha value is -2.91. The number of nitrogens with one attached hydrogen (secondary N) is 3. The van der Waals surface area contributed by atoms with E-state index in [9.17, 15) is 19.2 Å². The van der Waals surface area contributed by atoms with Crippen LogP contribution in [-0.4, -0.2) is 63.2 Å². The van der Waals surface area contributed by atoms with Crippen LogP contribution in [0.2, 0.25) is 0 Å². The summed E-state index contributed by atoms with van der Waals surface area (Å²) >= 11 is 0. The Kier molecular flexibility index (Phi) is 5.72. The predicted molar refractivity (Wildman–Crippen MR) is 93.9 cm³/mol. The molecule has 0 radical (unpaired) electrons. The number of rotatable bonds is 6. The molecule has 1 aromatic rings. The zero-order valence-corrected chi connectivity index (χ0v) is 14.9. The fourth-order valence-corrected chi connectivity index (χ4v) is 3.59. The molecular weight excluding hydrogens is 352 g/mol. The Morgan fingerprint density at radius 3 is 2.78 bits per heavy atom. The summed E-state index contributed by atoms with van der Waals surface area (Å²) in [5.74, 6) is -1.49. The Labute approximate surface area is 156 Å². The number of piperidine rings is 1. The van der Waals surface area contributed by atoms with Crippen LogP contribution in [-0.2, 0) is 25.6 Å². The minimum atomic E-state index is -0.879. The summed E-state index contributed by atoms with van der Waals surface area (Å²) in [6.45, 7) is 0.419. The predicted octanol–water partition coefficient (Wildman–Crippen LogP) is -1.42. The second-order valence-corrected chi connectivity index (χ2v) is 6.95. The number of hydrogen-bond acceptors (Lipinski definition) is 5. The van der Waals surface area contributed by atoms with E-state index in [0.717, 1.165) is 12.8 Å². The number of amides is 4. The molecule has 1 aromatic heterocycles. The van der Waals surface area contributed by atoms with Gasteiger partial charge in [-0.3, -0.25) is 19.2 Å². The van der Waals surface area contributed by atoms with Crippen LogP contribution in [0.25, 0.3) is 0 Å². The van der Waals surface area contributed by atoms with Gasteiger partial charge in [-0.05, 0) is 25.7 Å². The van der Waals surface area contributed by atoms with Gasteiger partial charge < -0.3 is 26.3 Å². The standard InChI is InChI=1S/C17H24N6O4/c18-15(25)13-3-1-2-6-23(13)17(27)12(7-10-8-19-9-20-10)22-16(26)11-4-5-14(24)21-11/h8-9,11-13H,1-7H2,(H2,18,25)(H,19,20)(H,21,24)(H,22,26)/t11-,12-,13-/m0/s1. The van der Waals surface area contributed by atoms with Crippen molar-refractivity contribution in [2.24, 2.45) is 5.73 Å². The minimum absolute atomic E-state index is 0.184. The first kappa shape index (κ1) is 18.9. The van der Waals surface area contributed by atoms with Gasteiger partial charge in [0.25, 0.3) is 0 Å². The Balaban J connectivity index is 1.75. The lowest BCUT2D eigenvalue weighted by Gasteiger charge is -2.36. The molecule has 27 heavy (non-hydrogen) atoms. The van der Waals surface area contributed by atoms with Crippen molar-refractivity contribution in [3.05, 3.63) is 18.2 Å². The van der Waals surface area contributed by atoms with E-state index in [0.29, 0.717) is 25.1 Å². The molecule has 3 atom stereocenters. The summed E-state index contributed by atoms with van der Waals surface area (Å²) in [5, 5.41) is 5.32. The number of aromatic amines is 1. The highest BCUT2D eigenvalue weighted by Crippen LogP contribution is 2.19. The van der Waals surface area contributed by atoms with Crippen LogP contribution in [0.1, 0.15) is 37.8 Å². The number of carbonyl (C=O) groups excluding carboxylic acids is 4. The molecule has 3 rings (SSSR count). The summed E-state index contributed by atoms with van der Waals surface area (Å²) in [6.07, 6.45) is 6.06. The molecule has 0 bridgehead atoms. The van der Waals surface area contributed by atoms with E-state index in [-0.39, 0.29) is 24.7 Å². The molecule has 2 aliphatic heterocycles. The highest BCUT2D eigenvalue weighted by molar-refractivity contribution is 5.95. The quantitative estimate of drug-likeness (QED) is 0.481. The number of nitrogens with two attached hydrogens (primary N) is 1. The topological polar surface area (TPSA) is 150 Å². The number of aromatic nitrogens is 2. The van der Waals surface area contributed by atoms with Gasteiger partial charge in [0.1, 0.15) is 18.1 Å². The molecule has 146 valence electrons. The van der Waals surface area contributed by atoms with Crippen LogP contribution >= 0.6 is 0 Å². The van der Waals surface area contributed by atoms with Gasteiger partial charge in [-0.2, -0.15) is 0 Å². The lowest BCUT2D eigenvalue weighted by Crippen LogP contribution is -2.58. The number of primary amides is 1. The first-order valence-corrected chi connectivity index (χ1v) is 9.12. The molecule has 2 saturated heterocycles. The Morgan fingerprint density at radius 1 is 1.33 bits per heavy atom. The van der Waals surface area contributed by atoms with Crippen molar-refractivity contribution in [3.63, 3.8) is 0 Å². The number of hydrogen-bond donors (Lipinski definition) is 4. The Morgan fingerprint density at radius 2 is 2.15 bits per heavy atom. The fourth-order valence-electron chi connectivity index (χ4n) is 3.59. The molecule has 0 spiro atoms. The zero-order chi connectivity index (χ0) is 19.4. The first-order valence-electron chi connectivity index (χ1n) is 9.12. The maximum atomic E-state index is 13.1. The number of nitrogens with zero attached hydrogens (tertiary/aromatic N) is 2. The van der Waals surface area contributed by atoms with Crippen LogP contribution in [0.3, 0.4) is 0 Å². The van der Waals surface area contributed by atoms with Crippen molar-refractivity contribution in [2.75, 3.05) is 6.54 Å². The summed E-state index contributed by atoms with van der Waals surface area (Å²) < 4.78 is 0. The lowest BCUT2D eigenvalue weighted by atomic mass is 9.99. The molecule has 5 N–H and O–H groups in total. The average Bonchev–Trinajstić information content (AvgIpc) is 3.32. The van der Waals surface area contributed by atoms with Gasteiger partial charge in [0.05, 0.1) is 6.33 Å². The normalized spacial score (nSPS) is 23.6. The molecule has 0 aromatic carbocycles. The van der Waals surface area contributed by atoms with Gasteiger partial charge in [-0.1, -0.05) is 0 Å². The maximum absolute atomic E-state index is 13.1. The molecule has 4 amide bonds. The summed E-state index contributed by atoms with van der Waals surface area (Å²) in [6, 6.07) is -2.20. The third-order valence-electron chi connectivity index (χ3n) is 5.02. The maximum Gasteiger partial charge on any atom is 0.246 e. The number of H-pyrrole nitrogens is 1. The number of carbonyl (C=O) groups is 4. The molecule has 0 unspecified atom stereocenters. The molecule has 0 aliphatic carbocycles. The Bertz CT molecular complexity index is 719. The third kappa shape index (κ3) is 4.44. The first-order chi connectivity index (χ1) is 13.0. The van der Waals surface area contributed by atoms with Gasteiger partial charge in [-0.25, -0.2) is 4.98 Å². The average molecular weight is 376 g/mol. The summed E-state index contributed by atoms with van der Waals surface area (Å²) in [5.41, 5.74) is 6.14.